The number of nitrogens with zero attached hydrogens (tertiary/aromatic N) is 3. The zero-order valence-electron chi connectivity index (χ0n) is 18.6. The molecule has 4 rings (SSSR count). The maximum atomic E-state index is 12.8. The Kier molecular flexibility index (Phi) is 6.07. The summed E-state index contributed by atoms with van der Waals surface area (Å²) in [5, 5.41) is 8.57. The molecule has 0 saturated heterocycles. The number of rotatable bonds is 7. The molecule has 0 aliphatic rings. The minimum atomic E-state index is -0.164. The molecule has 1 amide bonds. The molecule has 0 aliphatic heterocycles. The smallest absolute Gasteiger partial charge is 0.242 e. The standard InChI is InChI=1S/C25H26N4O3/c1-16(19-6-5-7-21(14-19)32-4)27-23(30)15-29-25-24(17(2)28-29)22(12-13-26-25)18-8-10-20(31-3)11-9-18/h5-14,16H,15H2,1-4H3,(H,27,30). The fourth-order valence-corrected chi connectivity index (χ4v) is 3.82. The molecule has 1 atom stereocenters. The number of benzene rings is 2. The zero-order chi connectivity index (χ0) is 22.7. The number of methoxy groups -OCH3 is 2. The molecular weight excluding hydrogens is 404 g/mol. The molecule has 0 spiro atoms. The molecule has 2 aromatic carbocycles. The Balaban J connectivity index is 1.57. The van der Waals surface area contributed by atoms with Crippen molar-refractivity contribution in [3.8, 4) is 22.6 Å². The van der Waals surface area contributed by atoms with Gasteiger partial charge in [0.1, 0.15) is 18.0 Å². The van der Waals surface area contributed by atoms with E-state index >= 15 is 0 Å². The van der Waals surface area contributed by atoms with Gasteiger partial charge in [-0.15, -0.1) is 0 Å². The van der Waals surface area contributed by atoms with Gasteiger partial charge in [0.2, 0.25) is 5.91 Å². The molecule has 2 heterocycles. The van der Waals surface area contributed by atoms with Crippen molar-refractivity contribution in [3.63, 3.8) is 0 Å². The first kappa shape index (κ1) is 21.4. The predicted molar refractivity (Wildman–Crippen MR) is 124 cm³/mol. The predicted octanol–water partition coefficient (Wildman–Crippen LogP) is 4.30. The lowest BCUT2D eigenvalue weighted by Gasteiger charge is -2.15. The van der Waals surface area contributed by atoms with Crippen LogP contribution >= 0.6 is 0 Å². The molecule has 0 aliphatic carbocycles. The first-order valence-electron chi connectivity index (χ1n) is 10.4. The zero-order valence-corrected chi connectivity index (χ0v) is 18.6. The highest BCUT2D eigenvalue weighted by Crippen LogP contribution is 2.31. The van der Waals surface area contributed by atoms with Crippen LogP contribution in [-0.4, -0.2) is 34.9 Å². The summed E-state index contributed by atoms with van der Waals surface area (Å²) in [7, 11) is 3.27. The molecule has 164 valence electrons. The van der Waals surface area contributed by atoms with Gasteiger partial charge in [-0.2, -0.15) is 5.10 Å². The monoisotopic (exact) mass is 430 g/mol. The van der Waals surface area contributed by atoms with Crippen LogP contribution in [0.3, 0.4) is 0 Å². The van der Waals surface area contributed by atoms with Crippen molar-refractivity contribution in [2.45, 2.75) is 26.4 Å². The number of hydrogen-bond acceptors (Lipinski definition) is 5. The Labute approximate surface area is 187 Å². The van der Waals surface area contributed by atoms with Crippen molar-refractivity contribution >= 4 is 16.9 Å². The Morgan fingerprint density at radius 3 is 2.53 bits per heavy atom. The number of nitrogens with one attached hydrogen (secondary N) is 1. The lowest BCUT2D eigenvalue weighted by atomic mass is 10.0. The highest BCUT2D eigenvalue weighted by atomic mass is 16.5. The first-order chi connectivity index (χ1) is 15.5. The van der Waals surface area contributed by atoms with E-state index in [1.165, 1.54) is 0 Å². The third-order valence-corrected chi connectivity index (χ3v) is 5.47. The molecule has 7 heteroatoms. The fourth-order valence-electron chi connectivity index (χ4n) is 3.82. The number of fused-ring (bicyclic) bond motifs is 1. The number of pyridine rings is 1. The minimum absolute atomic E-state index is 0.0811. The van der Waals surface area contributed by atoms with Crippen LogP contribution in [0.4, 0.5) is 0 Å². The Bertz CT molecular complexity index is 1250. The molecule has 32 heavy (non-hydrogen) atoms. The SMILES string of the molecule is COc1ccc(-c2ccnc3c2c(C)nn3CC(=O)NC(C)c2cccc(OC)c2)cc1. The summed E-state index contributed by atoms with van der Waals surface area (Å²) in [6, 6.07) is 17.3. The normalized spacial score (nSPS) is 11.9. The molecule has 0 bridgehead atoms. The molecular formula is C25H26N4O3. The molecule has 0 fully saturated rings. The van der Waals surface area contributed by atoms with Gasteiger partial charge in [-0.1, -0.05) is 24.3 Å². The summed E-state index contributed by atoms with van der Waals surface area (Å²) in [6.07, 6.45) is 1.75. The number of carbonyl (C=O) groups excluding carboxylic acids is 1. The largest absolute Gasteiger partial charge is 0.497 e. The molecule has 2 aromatic heterocycles. The van der Waals surface area contributed by atoms with Crippen molar-refractivity contribution in [1.29, 1.82) is 0 Å². The average Bonchev–Trinajstić information content (AvgIpc) is 3.14. The molecule has 0 saturated carbocycles. The quantitative estimate of drug-likeness (QED) is 0.473. The van der Waals surface area contributed by atoms with Crippen LogP contribution in [0.2, 0.25) is 0 Å². The summed E-state index contributed by atoms with van der Waals surface area (Å²) in [5.41, 5.74) is 4.54. The van der Waals surface area contributed by atoms with Crippen molar-refractivity contribution in [1.82, 2.24) is 20.1 Å². The highest BCUT2D eigenvalue weighted by molar-refractivity contribution is 5.95. The van der Waals surface area contributed by atoms with Crippen molar-refractivity contribution in [2.24, 2.45) is 0 Å². The second-order valence-corrected chi connectivity index (χ2v) is 7.59. The van der Waals surface area contributed by atoms with Crippen molar-refractivity contribution in [2.75, 3.05) is 14.2 Å². The second kappa shape index (κ2) is 9.09. The van der Waals surface area contributed by atoms with Gasteiger partial charge in [0.25, 0.3) is 0 Å². The molecule has 1 N–H and O–H groups in total. The first-order valence-corrected chi connectivity index (χ1v) is 10.4. The van der Waals surface area contributed by atoms with E-state index in [0.717, 1.165) is 39.3 Å². The second-order valence-electron chi connectivity index (χ2n) is 7.59. The van der Waals surface area contributed by atoms with Gasteiger partial charge in [0.05, 0.1) is 26.0 Å². The van der Waals surface area contributed by atoms with Gasteiger partial charge in [-0.25, -0.2) is 9.67 Å². The average molecular weight is 431 g/mol. The van der Waals surface area contributed by atoms with Gasteiger partial charge in [0, 0.05) is 11.6 Å². The number of aryl methyl sites for hydroxylation is 1. The van der Waals surface area contributed by atoms with E-state index < -0.39 is 0 Å². The van der Waals surface area contributed by atoms with Crippen LogP contribution < -0.4 is 14.8 Å². The molecule has 0 radical (unpaired) electrons. The number of aromatic nitrogens is 3. The van der Waals surface area contributed by atoms with E-state index in [4.69, 9.17) is 9.47 Å². The summed E-state index contributed by atoms with van der Waals surface area (Å²) in [6.45, 7) is 3.96. The van der Waals surface area contributed by atoms with Crippen LogP contribution in [0.1, 0.15) is 24.2 Å². The maximum absolute atomic E-state index is 12.8. The van der Waals surface area contributed by atoms with E-state index in [1.807, 2.05) is 68.4 Å². The minimum Gasteiger partial charge on any atom is -0.497 e. The van der Waals surface area contributed by atoms with Gasteiger partial charge >= 0.3 is 0 Å². The van der Waals surface area contributed by atoms with Gasteiger partial charge in [-0.05, 0) is 60.9 Å². The summed E-state index contributed by atoms with van der Waals surface area (Å²) in [5.74, 6) is 1.42. The summed E-state index contributed by atoms with van der Waals surface area (Å²) in [4.78, 5) is 17.3. The Morgan fingerprint density at radius 1 is 1.06 bits per heavy atom. The van der Waals surface area contributed by atoms with E-state index in [0.29, 0.717) is 5.65 Å². The van der Waals surface area contributed by atoms with Gasteiger partial charge in [0.15, 0.2) is 5.65 Å². The lowest BCUT2D eigenvalue weighted by molar-refractivity contribution is -0.122. The van der Waals surface area contributed by atoms with E-state index in [9.17, 15) is 4.79 Å². The van der Waals surface area contributed by atoms with E-state index in [2.05, 4.69) is 15.4 Å². The number of amides is 1. The summed E-state index contributed by atoms with van der Waals surface area (Å²) >= 11 is 0. The lowest BCUT2D eigenvalue weighted by Crippen LogP contribution is -2.30. The number of ether oxygens (including phenoxy) is 2. The number of carbonyl (C=O) groups is 1. The maximum Gasteiger partial charge on any atom is 0.242 e. The van der Waals surface area contributed by atoms with Crippen molar-refractivity contribution in [3.05, 3.63) is 72.1 Å². The van der Waals surface area contributed by atoms with Crippen LogP contribution in [0.15, 0.2) is 60.8 Å². The third kappa shape index (κ3) is 4.27. The van der Waals surface area contributed by atoms with Crippen LogP contribution in [-0.2, 0) is 11.3 Å². The Hall–Kier alpha value is -3.87. The Morgan fingerprint density at radius 2 is 1.81 bits per heavy atom. The van der Waals surface area contributed by atoms with Gasteiger partial charge in [-0.3, -0.25) is 4.79 Å². The van der Waals surface area contributed by atoms with Crippen LogP contribution in [0, 0.1) is 6.92 Å². The van der Waals surface area contributed by atoms with Crippen LogP contribution in [0.25, 0.3) is 22.2 Å². The topological polar surface area (TPSA) is 78.3 Å². The highest BCUT2D eigenvalue weighted by Gasteiger charge is 2.17. The van der Waals surface area contributed by atoms with Crippen LogP contribution in [0.5, 0.6) is 11.5 Å². The molecule has 1 unspecified atom stereocenters. The number of hydrogen-bond donors (Lipinski definition) is 1. The van der Waals surface area contributed by atoms with E-state index in [1.54, 1.807) is 25.1 Å². The third-order valence-electron chi connectivity index (χ3n) is 5.47. The molecule has 7 nitrogen and oxygen atoms in total. The molecule has 4 aromatic rings. The van der Waals surface area contributed by atoms with Gasteiger partial charge < -0.3 is 14.8 Å². The van der Waals surface area contributed by atoms with Crippen molar-refractivity contribution < 1.29 is 14.3 Å². The fraction of sp³-hybridized carbons (Fsp3) is 0.240. The summed E-state index contributed by atoms with van der Waals surface area (Å²) < 4.78 is 12.2. The van der Waals surface area contributed by atoms with E-state index in [-0.39, 0.29) is 18.5 Å².